The number of carbonyl (C=O) groups is 1. The SMILES string of the molecule is CCCOCC(=O)NCC(F)F. The molecule has 0 aliphatic heterocycles. The van der Waals surface area contributed by atoms with Crippen LogP contribution in [-0.4, -0.2) is 32.1 Å². The van der Waals surface area contributed by atoms with Gasteiger partial charge >= 0.3 is 0 Å². The molecular weight excluding hydrogens is 168 g/mol. The van der Waals surface area contributed by atoms with E-state index in [0.29, 0.717) is 6.61 Å². The molecule has 0 heterocycles. The predicted octanol–water partition coefficient (Wildman–Crippen LogP) is 0.794. The lowest BCUT2D eigenvalue weighted by Crippen LogP contribution is -2.31. The van der Waals surface area contributed by atoms with E-state index < -0.39 is 18.9 Å². The van der Waals surface area contributed by atoms with Crippen molar-refractivity contribution in [3.8, 4) is 0 Å². The molecule has 0 aromatic carbocycles. The lowest BCUT2D eigenvalue weighted by molar-refractivity contribution is -0.126. The van der Waals surface area contributed by atoms with Crippen molar-refractivity contribution in [2.75, 3.05) is 19.8 Å². The van der Waals surface area contributed by atoms with Gasteiger partial charge in [0.2, 0.25) is 5.91 Å². The molecule has 0 aliphatic carbocycles. The molecule has 1 amide bonds. The Hall–Kier alpha value is -0.710. The summed E-state index contributed by atoms with van der Waals surface area (Å²) in [5, 5.41) is 2.03. The van der Waals surface area contributed by atoms with Crippen molar-refractivity contribution >= 4 is 5.91 Å². The third-order valence-electron chi connectivity index (χ3n) is 1.04. The summed E-state index contributed by atoms with van der Waals surface area (Å²) in [5.41, 5.74) is 0. The average molecular weight is 181 g/mol. The first kappa shape index (κ1) is 11.3. The molecule has 0 aromatic heterocycles. The molecule has 0 spiro atoms. The molecule has 0 saturated carbocycles. The maximum Gasteiger partial charge on any atom is 0.255 e. The quantitative estimate of drug-likeness (QED) is 0.615. The number of halogens is 2. The number of hydrogen-bond donors (Lipinski definition) is 1. The Kier molecular flexibility index (Phi) is 6.55. The molecule has 0 rings (SSSR count). The van der Waals surface area contributed by atoms with Crippen molar-refractivity contribution in [1.29, 1.82) is 0 Å². The van der Waals surface area contributed by atoms with Crippen LogP contribution in [0.1, 0.15) is 13.3 Å². The highest BCUT2D eigenvalue weighted by molar-refractivity contribution is 5.77. The van der Waals surface area contributed by atoms with Gasteiger partial charge < -0.3 is 10.1 Å². The molecule has 72 valence electrons. The van der Waals surface area contributed by atoms with Gasteiger partial charge in [0, 0.05) is 6.61 Å². The van der Waals surface area contributed by atoms with Gasteiger partial charge in [-0.25, -0.2) is 8.78 Å². The zero-order chi connectivity index (χ0) is 9.40. The summed E-state index contributed by atoms with van der Waals surface area (Å²) in [6.45, 7) is 1.63. The molecule has 0 radical (unpaired) electrons. The van der Waals surface area contributed by atoms with Gasteiger partial charge in [0.1, 0.15) is 6.61 Å². The maximum absolute atomic E-state index is 11.5. The molecular formula is C7H13F2NO2. The number of alkyl halides is 2. The summed E-state index contributed by atoms with van der Waals surface area (Å²) in [7, 11) is 0. The third-order valence-corrected chi connectivity index (χ3v) is 1.04. The van der Waals surface area contributed by atoms with E-state index in [1.165, 1.54) is 0 Å². The first-order valence-electron chi connectivity index (χ1n) is 3.79. The second-order valence-corrected chi connectivity index (χ2v) is 2.25. The molecule has 5 heteroatoms. The monoisotopic (exact) mass is 181 g/mol. The van der Waals surface area contributed by atoms with Gasteiger partial charge in [-0.3, -0.25) is 4.79 Å². The second kappa shape index (κ2) is 6.97. The standard InChI is InChI=1S/C7H13F2NO2/c1-2-3-12-5-7(11)10-4-6(8)9/h6H,2-5H2,1H3,(H,10,11). The molecule has 0 saturated heterocycles. The number of nitrogens with one attached hydrogen (secondary N) is 1. The van der Waals surface area contributed by atoms with Crippen LogP contribution in [0.3, 0.4) is 0 Å². The maximum atomic E-state index is 11.5. The highest BCUT2D eigenvalue weighted by Crippen LogP contribution is 1.87. The molecule has 0 aromatic rings. The van der Waals surface area contributed by atoms with Crippen molar-refractivity contribution in [2.24, 2.45) is 0 Å². The highest BCUT2D eigenvalue weighted by atomic mass is 19.3. The molecule has 0 unspecified atom stereocenters. The minimum Gasteiger partial charge on any atom is -0.372 e. The van der Waals surface area contributed by atoms with Crippen molar-refractivity contribution < 1.29 is 18.3 Å². The van der Waals surface area contributed by atoms with Crippen LogP contribution in [0.5, 0.6) is 0 Å². The molecule has 0 atom stereocenters. The Bertz CT molecular complexity index is 131. The summed E-state index contributed by atoms with van der Waals surface area (Å²) in [6, 6.07) is 0. The molecule has 0 bridgehead atoms. The van der Waals surface area contributed by atoms with Crippen LogP contribution in [0.2, 0.25) is 0 Å². The number of rotatable bonds is 6. The molecule has 0 aliphatic rings. The van der Waals surface area contributed by atoms with E-state index in [1.54, 1.807) is 0 Å². The zero-order valence-corrected chi connectivity index (χ0v) is 6.98. The zero-order valence-electron chi connectivity index (χ0n) is 6.98. The van der Waals surface area contributed by atoms with Crippen molar-refractivity contribution in [3.63, 3.8) is 0 Å². The van der Waals surface area contributed by atoms with E-state index in [4.69, 9.17) is 4.74 Å². The Morgan fingerprint density at radius 2 is 2.25 bits per heavy atom. The number of ether oxygens (including phenoxy) is 1. The van der Waals surface area contributed by atoms with E-state index in [0.717, 1.165) is 6.42 Å². The lowest BCUT2D eigenvalue weighted by Gasteiger charge is -2.04. The number of amides is 1. The Morgan fingerprint density at radius 1 is 1.58 bits per heavy atom. The Balaban J connectivity index is 3.22. The van der Waals surface area contributed by atoms with Crippen LogP contribution in [0.25, 0.3) is 0 Å². The van der Waals surface area contributed by atoms with Crippen molar-refractivity contribution in [1.82, 2.24) is 5.32 Å². The van der Waals surface area contributed by atoms with Crippen molar-refractivity contribution in [3.05, 3.63) is 0 Å². The van der Waals surface area contributed by atoms with Gasteiger partial charge in [0.05, 0.1) is 6.54 Å². The summed E-state index contributed by atoms with van der Waals surface area (Å²) in [4.78, 5) is 10.7. The minimum atomic E-state index is -2.50. The van der Waals surface area contributed by atoms with E-state index in [2.05, 4.69) is 0 Å². The Morgan fingerprint density at radius 3 is 2.75 bits per heavy atom. The molecule has 3 nitrogen and oxygen atoms in total. The van der Waals surface area contributed by atoms with Crippen LogP contribution in [-0.2, 0) is 9.53 Å². The molecule has 1 N–H and O–H groups in total. The fourth-order valence-electron chi connectivity index (χ4n) is 0.551. The van der Waals surface area contributed by atoms with Crippen LogP contribution < -0.4 is 5.32 Å². The van der Waals surface area contributed by atoms with Gasteiger partial charge in [0.15, 0.2) is 0 Å². The van der Waals surface area contributed by atoms with Gasteiger partial charge in [-0.05, 0) is 6.42 Å². The molecule has 0 fully saturated rings. The topological polar surface area (TPSA) is 38.3 Å². The van der Waals surface area contributed by atoms with E-state index in [-0.39, 0.29) is 6.61 Å². The lowest BCUT2D eigenvalue weighted by atomic mass is 10.5. The predicted molar refractivity (Wildman–Crippen MR) is 40.1 cm³/mol. The summed E-state index contributed by atoms with van der Waals surface area (Å²) >= 11 is 0. The fourth-order valence-corrected chi connectivity index (χ4v) is 0.551. The van der Waals surface area contributed by atoms with E-state index in [1.807, 2.05) is 12.2 Å². The summed E-state index contributed by atoms with van der Waals surface area (Å²) in [5.74, 6) is -0.497. The van der Waals surface area contributed by atoms with E-state index in [9.17, 15) is 13.6 Å². The van der Waals surface area contributed by atoms with Gasteiger partial charge in [0.25, 0.3) is 6.43 Å². The normalized spacial score (nSPS) is 10.3. The number of carbonyl (C=O) groups excluding carboxylic acids is 1. The van der Waals surface area contributed by atoms with Crippen LogP contribution in [0, 0.1) is 0 Å². The average Bonchev–Trinajstić information content (AvgIpc) is 2.01. The summed E-state index contributed by atoms with van der Waals surface area (Å²) in [6.07, 6.45) is -1.69. The second-order valence-electron chi connectivity index (χ2n) is 2.25. The third kappa shape index (κ3) is 7.40. The van der Waals surface area contributed by atoms with Gasteiger partial charge in [-0.1, -0.05) is 6.92 Å². The molecule has 12 heavy (non-hydrogen) atoms. The van der Waals surface area contributed by atoms with Crippen LogP contribution >= 0.6 is 0 Å². The minimum absolute atomic E-state index is 0.138. The largest absolute Gasteiger partial charge is 0.372 e. The van der Waals surface area contributed by atoms with Gasteiger partial charge in [-0.2, -0.15) is 0 Å². The Labute approximate surface area is 70.1 Å². The van der Waals surface area contributed by atoms with Crippen LogP contribution in [0.15, 0.2) is 0 Å². The fraction of sp³-hybridized carbons (Fsp3) is 0.857. The smallest absolute Gasteiger partial charge is 0.255 e. The first-order valence-corrected chi connectivity index (χ1v) is 3.79. The van der Waals surface area contributed by atoms with Crippen LogP contribution in [0.4, 0.5) is 8.78 Å². The van der Waals surface area contributed by atoms with Gasteiger partial charge in [-0.15, -0.1) is 0 Å². The first-order chi connectivity index (χ1) is 5.66. The highest BCUT2D eigenvalue weighted by Gasteiger charge is 2.05. The summed E-state index contributed by atoms with van der Waals surface area (Å²) < 4.78 is 27.9. The van der Waals surface area contributed by atoms with E-state index >= 15 is 0 Å². The van der Waals surface area contributed by atoms with Crippen molar-refractivity contribution in [2.45, 2.75) is 19.8 Å². The number of hydrogen-bond acceptors (Lipinski definition) is 2.